The zero-order valence-corrected chi connectivity index (χ0v) is 13.5. The first-order chi connectivity index (χ1) is 8.93. The maximum atomic E-state index is 11.9. The molecule has 19 heavy (non-hydrogen) atoms. The number of primary amides is 1. The van der Waals surface area contributed by atoms with Crippen LogP contribution in [-0.4, -0.2) is 11.4 Å². The van der Waals surface area contributed by atoms with Gasteiger partial charge < -0.3 is 11.1 Å². The van der Waals surface area contributed by atoms with E-state index in [1.165, 1.54) is 0 Å². The van der Waals surface area contributed by atoms with Gasteiger partial charge in [0.2, 0.25) is 5.91 Å². The maximum Gasteiger partial charge on any atom is 0.243 e. The van der Waals surface area contributed by atoms with Gasteiger partial charge in [-0.05, 0) is 43.0 Å². The lowest BCUT2D eigenvalue weighted by Crippen LogP contribution is -2.51. The maximum absolute atomic E-state index is 11.9. The summed E-state index contributed by atoms with van der Waals surface area (Å²) in [5, 5.41) is 3.34. The summed E-state index contributed by atoms with van der Waals surface area (Å²) in [4.78, 5) is 11.9. The zero-order chi connectivity index (χ0) is 14.5. The minimum Gasteiger partial charge on any atom is -0.371 e. The van der Waals surface area contributed by atoms with Gasteiger partial charge in [0.1, 0.15) is 5.54 Å². The van der Waals surface area contributed by atoms with Crippen molar-refractivity contribution in [2.45, 2.75) is 45.6 Å². The van der Waals surface area contributed by atoms with Gasteiger partial charge in [-0.25, -0.2) is 0 Å². The highest BCUT2D eigenvalue weighted by Gasteiger charge is 2.35. The summed E-state index contributed by atoms with van der Waals surface area (Å²) in [5.74, 6) is 0.175. The first-order valence-corrected chi connectivity index (χ1v) is 7.56. The molecule has 1 rings (SSSR count). The third kappa shape index (κ3) is 4.23. The Bertz CT molecular complexity index is 419. The van der Waals surface area contributed by atoms with Crippen molar-refractivity contribution in [2.75, 3.05) is 5.32 Å². The fourth-order valence-electron chi connectivity index (χ4n) is 2.17. The van der Waals surface area contributed by atoms with Crippen molar-refractivity contribution in [1.82, 2.24) is 0 Å². The molecular weight excluding hydrogens is 304 g/mol. The predicted octanol–water partition coefficient (Wildman–Crippen LogP) is 3.93. The molecule has 2 atom stereocenters. The molecule has 106 valence electrons. The fraction of sp³-hybridized carbons (Fsp3) is 0.533. The summed E-state index contributed by atoms with van der Waals surface area (Å²) in [6.45, 7) is 6.28. The minimum atomic E-state index is -0.663. The fourth-order valence-corrected chi connectivity index (χ4v) is 2.43. The Kier molecular flexibility index (Phi) is 5.85. The molecule has 1 aromatic rings. The van der Waals surface area contributed by atoms with Gasteiger partial charge in [-0.3, -0.25) is 4.79 Å². The molecule has 0 aliphatic carbocycles. The molecule has 1 amide bonds. The van der Waals surface area contributed by atoms with E-state index in [1.807, 2.05) is 31.2 Å². The van der Waals surface area contributed by atoms with Gasteiger partial charge >= 0.3 is 0 Å². The first kappa shape index (κ1) is 16.0. The van der Waals surface area contributed by atoms with Crippen molar-refractivity contribution < 1.29 is 4.79 Å². The van der Waals surface area contributed by atoms with E-state index in [4.69, 9.17) is 5.73 Å². The molecule has 1 aromatic carbocycles. The first-order valence-electron chi connectivity index (χ1n) is 6.77. The summed E-state index contributed by atoms with van der Waals surface area (Å²) >= 11 is 3.40. The summed E-state index contributed by atoms with van der Waals surface area (Å²) < 4.78 is 1.01. The van der Waals surface area contributed by atoms with E-state index in [0.717, 1.165) is 23.0 Å². The average molecular weight is 327 g/mol. The van der Waals surface area contributed by atoms with E-state index in [1.54, 1.807) is 0 Å². The Balaban J connectivity index is 2.96. The molecular formula is C15H23BrN2O. The van der Waals surface area contributed by atoms with Crippen LogP contribution < -0.4 is 11.1 Å². The van der Waals surface area contributed by atoms with Crippen LogP contribution in [0.4, 0.5) is 5.69 Å². The summed E-state index contributed by atoms with van der Waals surface area (Å²) in [5.41, 5.74) is 5.91. The zero-order valence-electron chi connectivity index (χ0n) is 11.9. The van der Waals surface area contributed by atoms with Crippen LogP contribution in [0, 0.1) is 5.92 Å². The van der Waals surface area contributed by atoms with Crippen molar-refractivity contribution in [2.24, 2.45) is 11.7 Å². The van der Waals surface area contributed by atoms with Crippen LogP contribution >= 0.6 is 15.9 Å². The van der Waals surface area contributed by atoms with E-state index in [-0.39, 0.29) is 5.91 Å². The van der Waals surface area contributed by atoms with Crippen LogP contribution in [0.1, 0.15) is 40.0 Å². The van der Waals surface area contributed by atoms with Crippen molar-refractivity contribution in [1.29, 1.82) is 0 Å². The lowest BCUT2D eigenvalue weighted by atomic mass is 9.83. The van der Waals surface area contributed by atoms with Crippen molar-refractivity contribution in [3.05, 3.63) is 28.7 Å². The van der Waals surface area contributed by atoms with Crippen LogP contribution in [0.5, 0.6) is 0 Å². The Hall–Kier alpha value is -1.03. The second kappa shape index (κ2) is 6.94. The van der Waals surface area contributed by atoms with Gasteiger partial charge in [-0.15, -0.1) is 0 Å². The topological polar surface area (TPSA) is 55.1 Å². The van der Waals surface area contributed by atoms with Crippen LogP contribution in [0.3, 0.4) is 0 Å². The standard InChI is InChI=1S/C15H23BrN2O/c1-4-11(3)10-15(5-2,14(17)19)18-13-8-6-12(16)7-9-13/h6-9,11,18H,4-5,10H2,1-3H3,(H2,17,19). The SMILES string of the molecule is CCC(C)CC(CC)(Nc1ccc(Br)cc1)C(N)=O. The average Bonchev–Trinajstić information content (AvgIpc) is 2.40. The normalized spacial score (nSPS) is 15.6. The number of halogens is 1. The number of nitrogens with one attached hydrogen (secondary N) is 1. The molecule has 0 aliphatic heterocycles. The second-order valence-corrected chi connectivity index (χ2v) is 6.07. The molecule has 0 aromatic heterocycles. The van der Waals surface area contributed by atoms with Gasteiger partial charge in [0.05, 0.1) is 0 Å². The van der Waals surface area contributed by atoms with Crippen LogP contribution in [0.2, 0.25) is 0 Å². The number of carbonyl (C=O) groups excluding carboxylic acids is 1. The molecule has 0 saturated carbocycles. The molecule has 2 unspecified atom stereocenters. The predicted molar refractivity (Wildman–Crippen MR) is 84.1 cm³/mol. The number of anilines is 1. The van der Waals surface area contributed by atoms with E-state index in [9.17, 15) is 4.79 Å². The molecule has 0 radical (unpaired) electrons. The summed E-state index contributed by atoms with van der Waals surface area (Å²) in [7, 11) is 0. The summed E-state index contributed by atoms with van der Waals surface area (Å²) in [6.07, 6.45) is 2.48. The van der Waals surface area contributed by atoms with E-state index >= 15 is 0 Å². The van der Waals surface area contributed by atoms with Crippen molar-refractivity contribution in [3.8, 4) is 0 Å². The van der Waals surface area contributed by atoms with Crippen molar-refractivity contribution in [3.63, 3.8) is 0 Å². The third-order valence-corrected chi connectivity index (χ3v) is 4.23. The number of carbonyl (C=O) groups is 1. The lowest BCUT2D eigenvalue weighted by molar-refractivity contribution is -0.123. The quantitative estimate of drug-likeness (QED) is 0.797. The number of nitrogens with two attached hydrogens (primary N) is 1. The molecule has 3 nitrogen and oxygen atoms in total. The Morgan fingerprint density at radius 3 is 2.37 bits per heavy atom. The Morgan fingerprint density at radius 1 is 1.37 bits per heavy atom. The number of benzene rings is 1. The monoisotopic (exact) mass is 326 g/mol. The molecule has 0 bridgehead atoms. The Labute approximate surface area is 124 Å². The van der Waals surface area contributed by atoms with Gasteiger partial charge in [-0.1, -0.05) is 43.1 Å². The summed E-state index contributed by atoms with van der Waals surface area (Å²) in [6, 6.07) is 7.81. The number of rotatable bonds is 7. The molecule has 3 N–H and O–H groups in total. The highest BCUT2D eigenvalue weighted by Crippen LogP contribution is 2.28. The molecule has 0 heterocycles. The van der Waals surface area contributed by atoms with Crippen LogP contribution in [0.15, 0.2) is 28.7 Å². The molecule has 0 fully saturated rings. The Morgan fingerprint density at radius 2 is 1.95 bits per heavy atom. The highest BCUT2D eigenvalue weighted by molar-refractivity contribution is 9.10. The molecule has 0 saturated heterocycles. The smallest absolute Gasteiger partial charge is 0.243 e. The minimum absolute atomic E-state index is 0.279. The number of hydrogen-bond acceptors (Lipinski definition) is 2. The van der Waals surface area contributed by atoms with E-state index in [2.05, 4.69) is 35.1 Å². The number of hydrogen-bond donors (Lipinski definition) is 2. The second-order valence-electron chi connectivity index (χ2n) is 5.15. The largest absolute Gasteiger partial charge is 0.371 e. The van der Waals surface area contributed by atoms with Crippen LogP contribution in [-0.2, 0) is 4.79 Å². The van der Waals surface area contributed by atoms with Gasteiger partial charge in [-0.2, -0.15) is 0 Å². The van der Waals surface area contributed by atoms with Gasteiger partial charge in [0, 0.05) is 10.2 Å². The molecule has 0 aliphatic rings. The van der Waals surface area contributed by atoms with Gasteiger partial charge in [0.25, 0.3) is 0 Å². The third-order valence-electron chi connectivity index (χ3n) is 3.70. The van der Waals surface area contributed by atoms with Gasteiger partial charge in [0.15, 0.2) is 0 Å². The number of amides is 1. The van der Waals surface area contributed by atoms with Crippen LogP contribution in [0.25, 0.3) is 0 Å². The molecule has 0 spiro atoms. The molecule has 4 heteroatoms. The van der Waals surface area contributed by atoms with E-state index < -0.39 is 5.54 Å². The van der Waals surface area contributed by atoms with Crippen molar-refractivity contribution >= 4 is 27.5 Å². The highest BCUT2D eigenvalue weighted by atomic mass is 79.9. The lowest BCUT2D eigenvalue weighted by Gasteiger charge is -2.34. The van der Waals surface area contributed by atoms with E-state index in [0.29, 0.717) is 12.3 Å².